The van der Waals surface area contributed by atoms with Crippen molar-refractivity contribution in [1.82, 2.24) is 10.2 Å². The van der Waals surface area contributed by atoms with Crippen LogP contribution in [-0.2, 0) is 20.7 Å². The molecule has 2 heterocycles. The maximum atomic E-state index is 13.9. The van der Waals surface area contributed by atoms with Gasteiger partial charge < -0.3 is 34.6 Å². The van der Waals surface area contributed by atoms with Gasteiger partial charge in [0, 0.05) is 36.4 Å². The van der Waals surface area contributed by atoms with E-state index in [1.165, 1.54) is 30.2 Å². The Bertz CT molecular complexity index is 1340. The van der Waals surface area contributed by atoms with Gasteiger partial charge in [0.2, 0.25) is 11.8 Å². The van der Waals surface area contributed by atoms with Crippen LogP contribution in [0.4, 0.5) is 4.39 Å². The highest BCUT2D eigenvalue weighted by Gasteiger charge is 2.52. The fourth-order valence-electron chi connectivity index (χ4n) is 5.87. The van der Waals surface area contributed by atoms with Gasteiger partial charge in [0.25, 0.3) is 0 Å². The first kappa shape index (κ1) is 28.7. The van der Waals surface area contributed by atoms with E-state index in [2.05, 4.69) is 5.32 Å². The maximum absolute atomic E-state index is 13.9. The molecule has 0 spiro atoms. The Morgan fingerprint density at radius 1 is 1.27 bits per heavy atom. The number of hydrogen-bond donors (Lipinski definition) is 3. The number of methoxy groups -OCH3 is 1. The van der Waals surface area contributed by atoms with E-state index < -0.39 is 41.8 Å². The van der Waals surface area contributed by atoms with Crippen molar-refractivity contribution < 1.29 is 43.2 Å². The van der Waals surface area contributed by atoms with Crippen molar-refractivity contribution in [3.63, 3.8) is 0 Å². The van der Waals surface area contributed by atoms with Crippen molar-refractivity contribution in [2.75, 3.05) is 40.0 Å². The average Bonchev–Trinajstić information content (AvgIpc) is 3.65. The first-order chi connectivity index (χ1) is 19.9. The highest BCUT2D eigenvalue weighted by Crippen LogP contribution is 2.51. The number of aliphatic hydroxyl groups is 2. The fraction of sp³-hybridized carbons (Fsp3) is 0.433. The molecule has 1 unspecified atom stereocenters. The van der Waals surface area contributed by atoms with Crippen molar-refractivity contribution >= 4 is 18.1 Å². The summed E-state index contributed by atoms with van der Waals surface area (Å²) in [7, 11) is 1.43. The molecule has 0 saturated carbocycles. The zero-order valence-corrected chi connectivity index (χ0v) is 22.6. The van der Waals surface area contributed by atoms with Gasteiger partial charge in [-0.1, -0.05) is 12.1 Å². The smallest absolute Gasteiger partial charge is 0.247 e. The number of fused-ring (bicyclic) bond motifs is 3. The Kier molecular flexibility index (Phi) is 8.67. The van der Waals surface area contributed by atoms with Gasteiger partial charge in [-0.2, -0.15) is 0 Å². The number of rotatable bonds is 10. The summed E-state index contributed by atoms with van der Waals surface area (Å²) in [5.41, 5.74) is 1.72. The molecule has 1 saturated heterocycles. The Morgan fingerprint density at radius 3 is 2.78 bits per heavy atom. The molecule has 5 rings (SSSR count). The van der Waals surface area contributed by atoms with Crippen molar-refractivity contribution in [2.24, 2.45) is 5.92 Å². The summed E-state index contributed by atoms with van der Waals surface area (Å²) < 4.78 is 31.0. The van der Waals surface area contributed by atoms with Gasteiger partial charge in [-0.25, -0.2) is 4.39 Å². The zero-order valence-electron chi connectivity index (χ0n) is 22.6. The zero-order chi connectivity index (χ0) is 29.1. The topological polar surface area (TPSA) is 135 Å². The maximum Gasteiger partial charge on any atom is 0.247 e. The molecule has 0 bridgehead atoms. The largest absolute Gasteiger partial charge is 0.493 e. The summed E-state index contributed by atoms with van der Waals surface area (Å²) in [6, 6.07) is 8.23. The van der Waals surface area contributed by atoms with Crippen molar-refractivity contribution in [3.05, 3.63) is 70.6 Å². The lowest BCUT2D eigenvalue weighted by Crippen LogP contribution is -2.57. The van der Waals surface area contributed by atoms with Crippen LogP contribution in [-0.4, -0.2) is 91.5 Å². The number of nitrogens with zero attached hydrogens (tertiary/aromatic N) is 1. The van der Waals surface area contributed by atoms with E-state index in [0.29, 0.717) is 48.2 Å². The van der Waals surface area contributed by atoms with Crippen molar-refractivity contribution in [2.45, 2.75) is 37.0 Å². The minimum Gasteiger partial charge on any atom is -0.493 e. The molecule has 0 aromatic heterocycles. The molecular weight excluding hydrogens is 535 g/mol. The Morgan fingerprint density at radius 2 is 2.10 bits per heavy atom. The van der Waals surface area contributed by atoms with E-state index in [1.807, 2.05) is 0 Å². The Balaban J connectivity index is 1.56. The third-order valence-corrected chi connectivity index (χ3v) is 7.86. The number of carbonyl (C=O) groups is 3. The van der Waals surface area contributed by atoms with Gasteiger partial charge in [0.15, 0.2) is 11.5 Å². The molecule has 2 aliphatic heterocycles. The number of aldehydes is 1. The second-order valence-electron chi connectivity index (χ2n) is 10.4. The van der Waals surface area contributed by atoms with Crippen LogP contribution in [0.15, 0.2) is 48.0 Å². The van der Waals surface area contributed by atoms with E-state index in [0.717, 1.165) is 0 Å². The van der Waals surface area contributed by atoms with Crippen LogP contribution in [0.1, 0.15) is 33.8 Å². The second-order valence-corrected chi connectivity index (χ2v) is 10.4. The van der Waals surface area contributed by atoms with Gasteiger partial charge >= 0.3 is 0 Å². The number of nitrogens with one attached hydrogen (secondary N) is 1. The van der Waals surface area contributed by atoms with Crippen LogP contribution in [0.2, 0.25) is 0 Å². The molecule has 3 N–H and O–H groups in total. The molecular formula is C30H33FN2O8. The average molecular weight is 569 g/mol. The summed E-state index contributed by atoms with van der Waals surface area (Å²) in [5.74, 6) is -1.75. The number of aliphatic hydroxyl groups excluding tert-OH is 2. The summed E-state index contributed by atoms with van der Waals surface area (Å²) in [5, 5.41) is 23.7. The predicted octanol–water partition coefficient (Wildman–Crippen LogP) is 1.38. The molecule has 1 fully saturated rings. The highest BCUT2D eigenvalue weighted by molar-refractivity contribution is 5.96. The van der Waals surface area contributed by atoms with Crippen LogP contribution >= 0.6 is 0 Å². The SMILES string of the molecule is COc1cc(C=O)cc2c1O[C@@H]1[C@@H](O)[C@H](N(CCc3cccc(F)c3)C(=O)C3CCOC3)C=C(C(=O)NCCO)[C@H]21. The van der Waals surface area contributed by atoms with Gasteiger partial charge in [-0.15, -0.1) is 0 Å². The summed E-state index contributed by atoms with van der Waals surface area (Å²) in [6.07, 6.45) is 0.817. The van der Waals surface area contributed by atoms with Crippen molar-refractivity contribution in [3.8, 4) is 11.5 Å². The summed E-state index contributed by atoms with van der Waals surface area (Å²) in [6.45, 7) is 0.536. The third kappa shape index (κ3) is 5.70. The standard InChI is InChI=1S/C30H33FN2O8/c1-39-24-13-18(15-35)12-21-25-22(29(37)32-7-9-34)14-23(26(36)28(25)41-27(21)24)33(30(38)19-6-10-40-16-19)8-5-17-3-2-4-20(31)11-17/h2-4,11-15,19,23,25-26,28,34,36H,5-10,16H2,1H3,(H,32,37)/t19?,23-,25+,26+,28+/m1/s1. The van der Waals surface area contributed by atoms with Crippen LogP contribution in [0.25, 0.3) is 0 Å². The quantitative estimate of drug-likeness (QED) is 0.366. The molecule has 3 aliphatic rings. The predicted molar refractivity (Wildman–Crippen MR) is 144 cm³/mol. The molecule has 2 aromatic rings. The van der Waals surface area contributed by atoms with Crippen LogP contribution in [0, 0.1) is 11.7 Å². The molecule has 41 heavy (non-hydrogen) atoms. The number of amides is 2. The minimum absolute atomic E-state index is 0.00613. The molecule has 10 nitrogen and oxygen atoms in total. The van der Waals surface area contributed by atoms with Crippen LogP contribution < -0.4 is 14.8 Å². The van der Waals surface area contributed by atoms with E-state index in [1.54, 1.807) is 24.3 Å². The lowest BCUT2D eigenvalue weighted by atomic mass is 9.77. The lowest BCUT2D eigenvalue weighted by molar-refractivity contribution is -0.141. The highest BCUT2D eigenvalue weighted by atomic mass is 19.1. The van der Waals surface area contributed by atoms with Crippen LogP contribution in [0.5, 0.6) is 11.5 Å². The molecule has 2 amide bonds. The summed E-state index contributed by atoms with van der Waals surface area (Å²) >= 11 is 0. The van der Waals surface area contributed by atoms with Gasteiger partial charge in [-0.3, -0.25) is 14.4 Å². The van der Waals surface area contributed by atoms with Gasteiger partial charge in [-0.05, 0) is 48.7 Å². The van der Waals surface area contributed by atoms with E-state index in [4.69, 9.17) is 14.2 Å². The number of halogens is 1. The molecule has 1 aliphatic carbocycles. The molecule has 0 radical (unpaired) electrons. The number of carbonyl (C=O) groups excluding carboxylic acids is 3. The minimum atomic E-state index is -1.26. The monoisotopic (exact) mass is 568 g/mol. The van der Waals surface area contributed by atoms with Crippen LogP contribution in [0.3, 0.4) is 0 Å². The Hall–Kier alpha value is -3.80. The van der Waals surface area contributed by atoms with E-state index in [9.17, 15) is 29.0 Å². The van der Waals surface area contributed by atoms with E-state index >= 15 is 0 Å². The normalized spacial score (nSPS) is 24.5. The number of benzene rings is 2. The fourth-order valence-corrected chi connectivity index (χ4v) is 5.87. The summed E-state index contributed by atoms with van der Waals surface area (Å²) in [4.78, 5) is 40.4. The number of ether oxygens (including phenoxy) is 3. The van der Waals surface area contributed by atoms with Crippen molar-refractivity contribution in [1.29, 1.82) is 0 Å². The van der Waals surface area contributed by atoms with Gasteiger partial charge in [0.1, 0.15) is 24.3 Å². The lowest BCUT2D eigenvalue weighted by Gasteiger charge is -2.41. The first-order valence-electron chi connectivity index (χ1n) is 13.6. The first-order valence-corrected chi connectivity index (χ1v) is 13.6. The molecule has 2 aromatic carbocycles. The third-order valence-electron chi connectivity index (χ3n) is 7.86. The number of hydrogen-bond acceptors (Lipinski definition) is 8. The second kappa shape index (κ2) is 12.4. The van der Waals surface area contributed by atoms with Gasteiger partial charge in [0.05, 0.1) is 38.2 Å². The van der Waals surface area contributed by atoms with E-state index in [-0.39, 0.29) is 43.5 Å². The Labute approximate surface area is 236 Å². The molecule has 5 atom stereocenters. The molecule has 218 valence electrons. The molecule has 11 heteroatoms.